The number of hydrogen-bond acceptors (Lipinski definition) is 4. The van der Waals surface area contributed by atoms with Gasteiger partial charge in [-0.2, -0.15) is 0 Å². The standard InChI is InChI=1S/2C12H8O4/c13-11(14)8-5-7-3-1-2-4-9(7)10(6-8)12(15)16;13-11(14)9-6-5-7-3-1-2-4-8(7)10(9)12(15)16/h2*1-6H,(H,13,14)(H,15,16). The third-order valence-corrected chi connectivity index (χ3v) is 4.71. The molecular weight excluding hydrogens is 416 g/mol. The van der Waals surface area contributed by atoms with Crippen LogP contribution in [0.25, 0.3) is 21.5 Å². The van der Waals surface area contributed by atoms with Crippen molar-refractivity contribution in [2.24, 2.45) is 0 Å². The molecule has 4 aromatic rings. The Bertz CT molecular complexity index is 1390. The van der Waals surface area contributed by atoms with E-state index < -0.39 is 23.9 Å². The van der Waals surface area contributed by atoms with Crippen molar-refractivity contribution in [1.82, 2.24) is 0 Å². The summed E-state index contributed by atoms with van der Waals surface area (Å²) in [5.74, 6) is -4.72. The summed E-state index contributed by atoms with van der Waals surface area (Å²) in [6.07, 6.45) is 0. The van der Waals surface area contributed by atoms with E-state index in [2.05, 4.69) is 0 Å². The summed E-state index contributed by atoms with van der Waals surface area (Å²) in [5, 5.41) is 38.1. The van der Waals surface area contributed by atoms with Gasteiger partial charge in [0.2, 0.25) is 0 Å². The summed E-state index contributed by atoms with van der Waals surface area (Å²) < 4.78 is 0. The first-order chi connectivity index (χ1) is 15.2. The molecule has 0 aliphatic carbocycles. The van der Waals surface area contributed by atoms with Crippen LogP contribution in [-0.4, -0.2) is 44.3 Å². The number of benzene rings is 4. The van der Waals surface area contributed by atoms with Crippen molar-refractivity contribution in [3.63, 3.8) is 0 Å². The van der Waals surface area contributed by atoms with Crippen LogP contribution in [0, 0.1) is 0 Å². The molecule has 8 nitrogen and oxygen atoms in total. The first-order valence-corrected chi connectivity index (χ1v) is 9.18. The van der Waals surface area contributed by atoms with E-state index in [4.69, 9.17) is 20.4 Å². The molecule has 0 aliphatic rings. The molecule has 0 radical (unpaired) electrons. The number of carboxylic acids is 4. The van der Waals surface area contributed by atoms with Gasteiger partial charge in [-0.3, -0.25) is 0 Å². The second-order valence-electron chi connectivity index (χ2n) is 6.67. The third kappa shape index (κ3) is 4.39. The largest absolute Gasteiger partial charge is 0.478 e. The molecule has 0 aliphatic heterocycles. The van der Waals surface area contributed by atoms with Gasteiger partial charge < -0.3 is 20.4 Å². The fourth-order valence-electron chi connectivity index (χ4n) is 3.29. The highest BCUT2D eigenvalue weighted by atomic mass is 16.4. The van der Waals surface area contributed by atoms with Gasteiger partial charge in [-0.15, -0.1) is 0 Å². The predicted octanol–water partition coefficient (Wildman–Crippen LogP) is 4.47. The van der Waals surface area contributed by atoms with Crippen LogP contribution in [0.5, 0.6) is 0 Å². The van der Waals surface area contributed by atoms with Gasteiger partial charge in [0.05, 0.1) is 22.3 Å². The van der Waals surface area contributed by atoms with Gasteiger partial charge in [0.25, 0.3) is 0 Å². The van der Waals surface area contributed by atoms with Gasteiger partial charge in [0.15, 0.2) is 0 Å². The first-order valence-electron chi connectivity index (χ1n) is 9.18. The van der Waals surface area contributed by atoms with Crippen molar-refractivity contribution < 1.29 is 39.6 Å². The number of carbonyl (C=O) groups is 4. The maximum absolute atomic E-state index is 11.1. The number of hydrogen-bond donors (Lipinski definition) is 4. The number of aromatic carboxylic acids is 4. The molecule has 0 amide bonds. The predicted molar refractivity (Wildman–Crippen MR) is 116 cm³/mol. The Morgan fingerprint density at radius 1 is 0.500 bits per heavy atom. The monoisotopic (exact) mass is 432 g/mol. The van der Waals surface area contributed by atoms with E-state index in [0.717, 1.165) is 0 Å². The van der Waals surface area contributed by atoms with Crippen molar-refractivity contribution >= 4 is 45.4 Å². The summed E-state index contributed by atoms with van der Waals surface area (Å²) >= 11 is 0. The SMILES string of the molecule is O=C(O)c1cc(C(=O)O)c2ccccc2c1.O=C(O)c1ccc2ccccc2c1C(=O)O. The zero-order chi connectivity index (χ0) is 23.4. The minimum Gasteiger partial charge on any atom is -0.478 e. The van der Waals surface area contributed by atoms with Gasteiger partial charge in [0.1, 0.15) is 0 Å². The van der Waals surface area contributed by atoms with Crippen LogP contribution in [0.4, 0.5) is 0 Å². The van der Waals surface area contributed by atoms with Gasteiger partial charge in [0, 0.05) is 0 Å². The van der Waals surface area contributed by atoms with E-state index >= 15 is 0 Å². The van der Waals surface area contributed by atoms with Crippen LogP contribution in [0.3, 0.4) is 0 Å². The summed E-state index contributed by atoms with van der Waals surface area (Å²) in [7, 11) is 0. The molecular formula is C24H16O8. The molecule has 0 saturated heterocycles. The number of carboxylic acid groups (broad SMARTS) is 4. The highest BCUT2D eigenvalue weighted by Crippen LogP contribution is 2.23. The maximum Gasteiger partial charge on any atom is 0.337 e. The Morgan fingerprint density at radius 2 is 1.06 bits per heavy atom. The summed E-state index contributed by atoms with van der Waals surface area (Å²) in [5.41, 5.74) is -0.358. The van der Waals surface area contributed by atoms with E-state index in [1.54, 1.807) is 54.6 Å². The average Bonchev–Trinajstić information content (AvgIpc) is 2.77. The molecule has 0 bridgehead atoms. The van der Waals surface area contributed by atoms with E-state index in [1.807, 2.05) is 0 Å². The Balaban J connectivity index is 0.000000181. The Labute approximate surface area is 180 Å². The Morgan fingerprint density at radius 3 is 1.62 bits per heavy atom. The van der Waals surface area contributed by atoms with Crippen molar-refractivity contribution in [3.05, 3.63) is 95.1 Å². The lowest BCUT2D eigenvalue weighted by Gasteiger charge is -2.05. The second-order valence-corrected chi connectivity index (χ2v) is 6.67. The first kappa shape index (κ1) is 22.0. The average molecular weight is 432 g/mol. The minimum absolute atomic E-state index is 0.00972. The topological polar surface area (TPSA) is 149 Å². The molecule has 0 heterocycles. The second kappa shape index (κ2) is 8.97. The van der Waals surface area contributed by atoms with Crippen LogP contribution in [0.2, 0.25) is 0 Å². The van der Waals surface area contributed by atoms with Crippen molar-refractivity contribution in [2.45, 2.75) is 0 Å². The van der Waals surface area contributed by atoms with Gasteiger partial charge in [-0.05, 0) is 39.7 Å². The molecule has 8 heteroatoms. The lowest BCUT2D eigenvalue weighted by Crippen LogP contribution is -2.08. The van der Waals surface area contributed by atoms with Gasteiger partial charge in [-0.25, -0.2) is 19.2 Å². The van der Waals surface area contributed by atoms with Crippen molar-refractivity contribution in [1.29, 1.82) is 0 Å². The molecule has 0 saturated carbocycles. The fraction of sp³-hybridized carbons (Fsp3) is 0. The number of rotatable bonds is 4. The normalized spacial score (nSPS) is 10.2. The maximum atomic E-state index is 11.1. The van der Waals surface area contributed by atoms with Crippen molar-refractivity contribution in [3.8, 4) is 0 Å². The van der Waals surface area contributed by atoms with Crippen LogP contribution in [-0.2, 0) is 0 Å². The Kier molecular flexibility index (Phi) is 6.16. The summed E-state index contributed by atoms with van der Waals surface area (Å²) in [6, 6.07) is 19.2. The minimum atomic E-state index is -1.23. The quantitative estimate of drug-likeness (QED) is 0.369. The summed E-state index contributed by atoms with van der Waals surface area (Å²) in [6.45, 7) is 0. The molecule has 0 fully saturated rings. The lowest BCUT2D eigenvalue weighted by atomic mass is 9.99. The fourth-order valence-corrected chi connectivity index (χ4v) is 3.29. The zero-order valence-corrected chi connectivity index (χ0v) is 16.4. The van der Waals surface area contributed by atoms with Gasteiger partial charge in [-0.1, -0.05) is 54.6 Å². The molecule has 32 heavy (non-hydrogen) atoms. The zero-order valence-electron chi connectivity index (χ0n) is 16.4. The van der Waals surface area contributed by atoms with E-state index in [9.17, 15) is 19.2 Å². The third-order valence-electron chi connectivity index (χ3n) is 4.71. The van der Waals surface area contributed by atoms with Crippen LogP contribution in [0.1, 0.15) is 41.4 Å². The Hall–Kier alpha value is -4.72. The molecule has 4 rings (SSSR count). The van der Waals surface area contributed by atoms with E-state index in [0.29, 0.717) is 21.5 Å². The van der Waals surface area contributed by atoms with Crippen LogP contribution < -0.4 is 0 Å². The van der Waals surface area contributed by atoms with Crippen LogP contribution >= 0.6 is 0 Å². The smallest absolute Gasteiger partial charge is 0.337 e. The highest BCUT2D eigenvalue weighted by Gasteiger charge is 2.18. The molecule has 4 aromatic carbocycles. The molecule has 0 spiro atoms. The number of fused-ring (bicyclic) bond motifs is 2. The van der Waals surface area contributed by atoms with E-state index in [-0.39, 0.29) is 22.3 Å². The molecule has 0 aromatic heterocycles. The van der Waals surface area contributed by atoms with Gasteiger partial charge >= 0.3 is 23.9 Å². The molecule has 0 unspecified atom stereocenters. The lowest BCUT2D eigenvalue weighted by molar-refractivity contribution is 0.0653. The van der Waals surface area contributed by atoms with Crippen LogP contribution in [0.15, 0.2) is 72.8 Å². The van der Waals surface area contributed by atoms with Crippen molar-refractivity contribution in [2.75, 3.05) is 0 Å². The molecule has 4 N–H and O–H groups in total. The highest BCUT2D eigenvalue weighted by molar-refractivity contribution is 6.11. The molecule has 160 valence electrons. The van der Waals surface area contributed by atoms with E-state index in [1.165, 1.54) is 18.2 Å². The summed E-state index contributed by atoms with van der Waals surface area (Å²) in [4.78, 5) is 43.8. The molecule has 0 atom stereocenters.